The van der Waals surface area contributed by atoms with Gasteiger partial charge in [-0.05, 0) is 42.3 Å². The first-order valence-electron chi connectivity index (χ1n) is 6.38. The molecule has 1 atom stereocenters. The lowest BCUT2D eigenvalue weighted by molar-refractivity contribution is 0.538. The maximum atomic E-state index is 13.3. The zero-order valence-corrected chi connectivity index (χ0v) is 11.8. The van der Waals surface area contributed by atoms with E-state index < -0.39 is 0 Å². The molecule has 2 rings (SSSR count). The summed E-state index contributed by atoms with van der Waals surface area (Å²) in [5.74, 6) is -0.748. The minimum Gasteiger partial charge on any atom is -0.310 e. The summed E-state index contributed by atoms with van der Waals surface area (Å²) < 4.78 is 26.3. The van der Waals surface area contributed by atoms with E-state index in [1.165, 1.54) is 18.2 Å². The fraction of sp³-hybridized carbons (Fsp3) is 0.267. The van der Waals surface area contributed by atoms with E-state index in [1.54, 1.807) is 12.3 Å². The number of hydrogen-bond donors (Lipinski definition) is 1. The molecule has 1 N–H and O–H groups in total. The molecule has 1 aromatic heterocycles. The summed E-state index contributed by atoms with van der Waals surface area (Å²) in [6.07, 6.45) is 3.32. The third-order valence-electron chi connectivity index (χ3n) is 3.02. The van der Waals surface area contributed by atoms with Crippen molar-refractivity contribution in [3.05, 3.63) is 64.4 Å². The van der Waals surface area contributed by atoms with Crippen LogP contribution in [0.15, 0.2) is 36.7 Å². The van der Waals surface area contributed by atoms with Gasteiger partial charge in [-0.1, -0.05) is 24.6 Å². The average Bonchev–Trinajstić information content (AvgIpc) is 2.41. The van der Waals surface area contributed by atoms with Crippen molar-refractivity contribution in [1.82, 2.24) is 10.3 Å². The van der Waals surface area contributed by atoms with Gasteiger partial charge in [-0.3, -0.25) is 4.98 Å². The van der Waals surface area contributed by atoms with Gasteiger partial charge in [0.05, 0.1) is 6.20 Å². The summed E-state index contributed by atoms with van der Waals surface area (Å²) in [5, 5.41) is 3.63. The zero-order chi connectivity index (χ0) is 14.5. The van der Waals surface area contributed by atoms with Crippen molar-refractivity contribution in [3.63, 3.8) is 0 Å². The van der Waals surface area contributed by atoms with E-state index in [4.69, 9.17) is 11.6 Å². The highest BCUT2D eigenvalue weighted by Gasteiger charge is 2.14. The van der Waals surface area contributed by atoms with Gasteiger partial charge in [0.25, 0.3) is 0 Å². The molecule has 0 amide bonds. The van der Waals surface area contributed by atoms with Crippen molar-refractivity contribution in [2.24, 2.45) is 0 Å². The quantitative estimate of drug-likeness (QED) is 0.905. The molecule has 1 aromatic carbocycles. The fourth-order valence-corrected chi connectivity index (χ4v) is 2.32. The number of nitrogens with zero attached hydrogens (tertiary/aromatic N) is 1. The molecule has 0 radical (unpaired) electrons. The Bertz CT molecular complexity index is 590. The Kier molecular flexibility index (Phi) is 5.04. The average molecular weight is 297 g/mol. The number of aromatic nitrogens is 1. The van der Waals surface area contributed by atoms with Crippen LogP contribution in [0.2, 0.25) is 5.02 Å². The number of hydrogen-bond acceptors (Lipinski definition) is 2. The van der Waals surface area contributed by atoms with Crippen molar-refractivity contribution >= 4 is 11.6 Å². The molecule has 0 bridgehead atoms. The third kappa shape index (κ3) is 3.74. The molecule has 2 nitrogen and oxygen atoms in total. The summed E-state index contributed by atoms with van der Waals surface area (Å²) in [5.41, 5.74) is 1.55. The van der Waals surface area contributed by atoms with Crippen LogP contribution in [0.1, 0.15) is 24.1 Å². The van der Waals surface area contributed by atoms with Crippen LogP contribution < -0.4 is 5.32 Å². The first kappa shape index (κ1) is 14.9. The van der Waals surface area contributed by atoms with Gasteiger partial charge in [0.2, 0.25) is 0 Å². The van der Waals surface area contributed by atoms with Crippen molar-refractivity contribution in [2.45, 2.75) is 19.4 Å². The smallest absolute Gasteiger partial charge is 0.141 e. The number of pyridine rings is 1. The largest absolute Gasteiger partial charge is 0.310 e. The second-order valence-electron chi connectivity index (χ2n) is 4.49. The zero-order valence-electron chi connectivity index (χ0n) is 11.0. The van der Waals surface area contributed by atoms with E-state index in [1.807, 2.05) is 6.92 Å². The Morgan fingerprint density at radius 3 is 2.65 bits per heavy atom. The monoisotopic (exact) mass is 296 g/mol. The molecule has 20 heavy (non-hydrogen) atoms. The van der Waals surface area contributed by atoms with Crippen LogP contribution >= 0.6 is 11.6 Å². The molecule has 0 fully saturated rings. The second-order valence-corrected chi connectivity index (χ2v) is 4.89. The van der Waals surface area contributed by atoms with Crippen LogP contribution in [0.3, 0.4) is 0 Å². The predicted molar refractivity (Wildman–Crippen MR) is 75.7 cm³/mol. The Hall–Kier alpha value is -1.52. The SMILES string of the molecule is CCNC(Cc1ccc(F)cc1Cl)c1cncc(F)c1. The summed E-state index contributed by atoms with van der Waals surface area (Å²) >= 11 is 6.04. The van der Waals surface area contributed by atoms with Gasteiger partial charge in [-0.25, -0.2) is 8.78 Å². The number of benzene rings is 1. The first-order chi connectivity index (χ1) is 9.60. The van der Waals surface area contributed by atoms with Crippen LogP contribution in [0.5, 0.6) is 0 Å². The molecule has 2 aromatic rings. The summed E-state index contributed by atoms with van der Waals surface area (Å²) in [6.45, 7) is 2.69. The Labute approximate surface area is 121 Å². The molecule has 0 aliphatic rings. The van der Waals surface area contributed by atoms with Crippen LogP contribution in [0.4, 0.5) is 8.78 Å². The van der Waals surface area contributed by atoms with Crippen LogP contribution in [0.25, 0.3) is 0 Å². The molecule has 1 unspecified atom stereocenters. The molecule has 0 aliphatic carbocycles. The normalized spacial score (nSPS) is 12.4. The lowest BCUT2D eigenvalue weighted by Gasteiger charge is -2.19. The minimum absolute atomic E-state index is 0.119. The second kappa shape index (κ2) is 6.77. The molecule has 0 saturated heterocycles. The van der Waals surface area contributed by atoms with Gasteiger partial charge in [-0.2, -0.15) is 0 Å². The van der Waals surface area contributed by atoms with E-state index in [-0.39, 0.29) is 17.7 Å². The van der Waals surface area contributed by atoms with Crippen LogP contribution in [0, 0.1) is 11.6 Å². The highest BCUT2D eigenvalue weighted by Crippen LogP contribution is 2.24. The Morgan fingerprint density at radius 1 is 1.20 bits per heavy atom. The van der Waals surface area contributed by atoms with Gasteiger partial charge in [0.15, 0.2) is 0 Å². The van der Waals surface area contributed by atoms with Gasteiger partial charge in [-0.15, -0.1) is 0 Å². The number of nitrogens with one attached hydrogen (secondary N) is 1. The van der Waals surface area contributed by atoms with Crippen molar-refractivity contribution in [1.29, 1.82) is 0 Å². The summed E-state index contributed by atoms with van der Waals surface area (Å²) in [4.78, 5) is 3.86. The minimum atomic E-state index is -0.379. The maximum absolute atomic E-state index is 13.3. The lowest BCUT2D eigenvalue weighted by atomic mass is 10.00. The molecule has 5 heteroatoms. The topological polar surface area (TPSA) is 24.9 Å². The van der Waals surface area contributed by atoms with E-state index in [0.29, 0.717) is 11.4 Å². The van der Waals surface area contributed by atoms with Crippen LogP contribution in [-0.2, 0) is 6.42 Å². The molecular weight excluding hydrogens is 282 g/mol. The molecule has 0 aliphatic heterocycles. The van der Waals surface area contributed by atoms with Crippen molar-refractivity contribution in [3.8, 4) is 0 Å². The standard InChI is InChI=1S/C15H15ClF2N2/c1-2-20-15(11-5-13(18)9-19-8-11)6-10-3-4-12(17)7-14(10)16/h3-5,7-9,15,20H,2,6H2,1H3. The molecule has 1 heterocycles. The predicted octanol–water partition coefficient (Wildman–Crippen LogP) is 3.91. The first-order valence-corrected chi connectivity index (χ1v) is 6.75. The number of rotatable bonds is 5. The third-order valence-corrected chi connectivity index (χ3v) is 3.37. The van der Waals surface area contributed by atoms with Crippen molar-refractivity contribution < 1.29 is 8.78 Å². The summed E-state index contributed by atoms with van der Waals surface area (Å²) in [6, 6.07) is 5.62. The van der Waals surface area contributed by atoms with Gasteiger partial charge < -0.3 is 5.32 Å². The van der Waals surface area contributed by atoms with E-state index in [0.717, 1.165) is 23.9 Å². The van der Waals surface area contributed by atoms with Gasteiger partial charge in [0.1, 0.15) is 11.6 Å². The van der Waals surface area contributed by atoms with Crippen molar-refractivity contribution in [2.75, 3.05) is 6.54 Å². The molecular formula is C15H15ClF2N2. The number of halogens is 3. The highest BCUT2D eigenvalue weighted by molar-refractivity contribution is 6.31. The fourth-order valence-electron chi connectivity index (χ4n) is 2.08. The molecule has 106 valence electrons. The molecule has 0 saturated carbocycles. The highest BCUT2D eigenvalue weighted by atomic mass is 35.5. The van der Waals surface area contributed by atoms with Crippen LogP contribution in [-0.4, -0.2) is 11.5 Å². The molecule has 0 spiro atoms. The lowest BCUT2D eigenvalue weighted by Crippen LogP contribution is -2.23. The Morgan fingerprint density at radius 2 is 2.00 bits per heavy atom. The van der Waals surface area contributed by atoms with Gasteiger partial charge >= 0.3 is 0 Å². The summed E-state index contributed by atoms with van der Waals surface area (Å²) in [7, 11) is 0. The van der Waals surface area contributed by atoms with E-state index in [9.17, 15) is 8.78 Å². The van der Waals surface area contributed by atoms with Gasteiger partial charge in [0, 0.05) is 17.3 Å². The Balaban J connectivity index is 2.25. The van der Waals surface area contributed by atoms with E-state index in [2.05, 4.69) is 10.3 Å². The van der Waals surface area contributed by atoms with E-state index >= 15 is 0 Å². The number of likely N-dealkylation sites (N-methyl/N-ethyl adjacent to an activating group) is 1. The maximum Gasteiger partial charge on any atom is 0.141 e.